The normalized spacial score (nSPS) is 20.2. The van der Waals surface area contributed by atoms with Gasteiger partial charge >= 0.3 is 6.01 Å². The van der Waals surface area contributed by atoms with Crippen LogP contribution in [-0.4, -0.2) is 36.5 Å². The van der Waals surface area contributed by atoms with Crippen LogP contribution in [0, 0.1) is 5.92 Å². The molecule has 3 N–H and O–H groups in total. The van der Waals surface area contributed by atoms with Gasteiger partial charge in [-0.05, 0) is 18.8 Å². The van der Waals surface area contributed by atoms with Crippen LogP contribution < -0.4 is 11.1 Å². The number of nitrogens with zero attached hydrogens (tertiary/aromatic N) is 2. The van der Waals surface area contributed by atoms with Crippen molar-refractivity contribution in [1.82, 2.24) is 10.2 Å². The number of nitrogens with two attached hydrogens (primary N) is 1. The second-order valence-corrected chi connectivity index (χ2v) is 3.98. The highest BCUT2D eigenvalue weighted by atomic mass is 16.5. The first kappa shape index (κ1) is 11.3. The fourth-order valence-corrected chi connectivity index (χ4v) is 1.74. The quantitative estimate of drug-likeness (QED) is 0.730. The summed E-state index contributed by atoms with van der Waals surface area (Å²) in [5.41, 5.74) is 5.39. The van der Waals surface area contributed by atoms with E-state index in [0.29, 0.717) is 30.8 Å². The Morgan fingerprint density at radius 2 is 2.38 bits per heavy atom. The van der Waals surface area contributed by atoms with Crippen molar-refractivity contribution in [3.05, 3.63) is 5.89 Å². The maximum atomic E-state index is 5.39. The molecule has 0 spiro atoms. The van der Waals surface area contributed by atoms with Gasteiger partial charge in [0, 0.05) is 32.7 Å². The summed E-state index contributed by atoms with van der Waals surface area (Å²) < 4.78 is 10.6. The highest BCUT2D eigenvalue weighted by molar-refractivity contribution is 5.16. The summed E-state index contributed by atoms with van der Waals surface area (Å²) in [6.07, 6.45) is 2.86. The standard InChI is InChI=1S/C10H18N4O2/c11-4-1-9-13-14-10(16-9)12-5-2-8-3-6-15-7-8/h8H,1-7,11H2,(H,12,14). The van der Waals surface area contributed by atoms with Crippen LogP contribution in [0.15, 0.2) is 4.42 Å². The Hall–Kier alpha value is -1.14. The Kier molecular flexibility index (Phi) is 4.12. The molecule has 0 radical (unpaired) electrons. The third-order valence-corrected chi connectivity index (χ3v) is 2.68. The molecular formula is C10H18N4O2. The molecule has 6 nitrogen and oxygen atoms in total. The van der Waals surface area contributed by atoms with Crippen molar-refractivity contribution < 1.29 is 9.15 Å². The summed E-state index contributed by atoms with van der Waals surface area (Å²) in [6, 6.07) is 0.488. The zero-order valence-electron chi connectivity index (χ0n) is 9.32. The molecule has 1 aromatic heterocycles. The Balaban J connectivity index is 1.67. The minimum atomic E-state index is 0.488. The molecule has 0 aromatic carbocycles. The van der Waals surface area contributed by atoms with Crippen molar-refractivity contribution in [2.45, 2.75) is 19.3 Å². The summed E-state index contributed by atoms with van der Waals surface area (Å²) in [4.78, 5) is 0. The summed E-state index contributed by atoms with van der Waals surface area (Å²) in [7, 11) is 0. The van der Waals surface area contributed by atoms with Gasteiger partial charge < -0.3 is 20.2 Å². The lowest BCUT2D eigenvalue weighted by molar-refractivity contribution is 0.185. The second kappa shape index (κ2) is 5.81. The molecule has 1 saturated heterocycles. The van der Waals surface area contributed by atoms with E-state index >= 15 is 0 Å². The van der Waals surface area contributed by atoms with E-state index in [0.717, 1.165) is 32.6 Å². The van der Waals surface area contributed by atoms with Gasteiger partial charge in [-0.2, -0.15) is 0 Å². The average molecular weight is 226 g/mol. The van der Waals surface area contributed by atoms with Gasteiger partial charge in [0.05, 0.1) is 0 Å². The van der Waals surface area contributed by atoms with Gasteiger partial charge in [-0.25, -0.2) is 0 Å². The van der Waals surface area contributed by atoms with Crippen molar-refractivity contribution in [2.75, 3.05) is 31.6 Å². The van der Waals surface area contributed by atoms with Crippen LogP contribution in [0.5, 0.6) is 0 Å². The van der Waals surface area contributed by atoms with Crippen molar-refractivity contribution >= 4 is 6.01 Å². The van der Waals surface area contributed by atoms with Crippen LogP contribution in [0.1, 0.15) is 18.7 Å². The highest BCUT2D eigenvalue weighted by Gasteiger charge is 2.15. The number of nitrogens with one attached hydrogen (secondary N) is 1. The summed E-state index contributed by atoms with van der Waals surface area (Å²) in [5.74, 6) is 1.26. The molecule has 6 heteroatoms. The minimum absolute atomic E-state index is 0.488. The SMILES string of the molecule is NCCc1nnc(NCCC2CCOC2)o1. The number of hydrogen-bond donors (Lipinski definition) is 2. The average Bonchev–Trinajstić information content (AvgIpc) is 2.90. The lowest BCUT2D eigenvalue weighted by Crippen LogP contribution is -2.09. The molecule has 90 valence electrons. The Bertz CT molecular complexity index is 310. The second-order valence-electron chi connectivity index (χ2n) is 3.98. The first-order valence-electron chi connectivity index (χ1n) is 5.72. The molecule has 1 fully saturated rings. The van der Waals surface area contributed by atoms with Crippen molar-refractivity contribution in [2.24, 2.45) is 11.7 Å². The Labute approximate surface area is 94.6 Å². The fourth-order valence-electron chi connectivity index (χ4n) is 1.74. The first-order chi connectivity index (χ1) is 7.88. The van der Waals surface area contributed by atoms with Crippen LogP contribution in [0.3, 0.4) is 0 Å². The topological polar surface area (TPSA) is 86.2 Å². The largest absolute Gasteiger partial charge is 0.408 e. The third kappa shape index (κ3) is 3.18. The highest BCUT2D eigenvalue weighted by Crippen LogP contribution is 2.16. The lowest BCUT2D eigenvalue weighted by atomic mass is 10.1. The molecule has 1 unspecified atom stereocenters. The van der Waals surface area contributed by atoms with E-state index in [1.165, 1.54) is 0 Å². The van der Waals surface area contributed by atoms with E-state index in [1.807, 2.05) is 0 Å². The molecular weight excluding hydrogens is 208 g/mol. The van der Waals surface area contributed by atoms with Crippen LogP contribution >= 0.6 is 0 Å². The van der Waals surface area contributed by atoms with Gasteiger partial charge in [-0.15, -0.1) is 5.10 Å². The molecule has 1 aliphatic rings. The zero-order valence-corrected chi connectivity index (χ0v) is 9.32. The summed E-state index contributed by atoms with van der Waals surface area (Å²) in [5, 5.41) is 10.9. The van der Waals surface area contributed by atoms with Gasteiger partial charge in [-0.1, -0.05) is 5.10 Å². The predicted molar refractivity (Wildman–Crippen MR) is 59.1 cm³/mol. The van der Waals surface area contributed by atoms with Gasteiger partial charge in [-0.3, -0.25) is 0 Å². The van der Waals surface area contributed by atoms with Gasteiger partial charge in [0.1, 0.15) is 0 Å². The lowest BCUT2D eigenvalue weighted by Gasteiger charge is -2.06. The van der Waals surface area contributed by atoms with E-state index in [9.17, 15) is 0 Å². The van der Waals surface area contributed by atoms with Crippen molar-refractivity contribution in [3.8, 4) is 0 Å². The molecule has 2 heterocycles. The number of ether oxygens (including phenoxy) is 1. The predicted octanol–water partition coefficient (Wildman–Crippen LogP) is 0.409. The summed E-state index contributed by atoms with van der Waals surface area (Å²) >= 11 is 0. The molecule has 0 bridgehead atoms. The van der Waals surface area contributed by atoms with Crippen molar-refractivity contribution in [3.63, 3.8) is 0 Å². The van der Waals surface area contributed by atoms with Crippen molar-refractivity contribution in [1.29, 1.82) is 0 Å². The maximum Gasteiger partial charge on any atom is 0.315 e. The van der Waals surface area contributed by atoms with E-state index in [1.54, 1.807) is 0 Å². The Morgan fingerprint density at radius 1 is 1.44 bits per heavy atom. The summed E-state index contributed by atoms with van der Waals surface area (Å²) in [6.45, 7) is 3.15. The third-order valence-electron chi connectivity index (χ3n) is 2.68. The van der Waals surface area contributed by atoms with E-state index < -0.39 is 0 Å². The maximum absolute atomic E-state index is 5.39. The molecule has 1 atom stereocenters. The number of anilines is 1. The minimum Gasteiger partial charge on any atom is -0.408 e. The van der Waals surface area contributed by atoms with Crippen LogP contribution in [0.2, 0.25) is 0 Å². The fraction of sp³-hybridized carbons (Fsp3) is 0.800. The molecule has 2 rings (SSSR count). The smallest absolute Gasteiger partial charge is 0.315 e. The van der Waals surface area contributed by atoms with Gasteiger partial charge in [0.15, 0.2) is 0 Å². The molecule has 0 saturated carbocycles. The van der Waals surface area contributed by atoms with Crippen LogP contribution in [0.4, 0.5) is 6.01 Å². The van der Waals surface area contributed by atoms with Gasteiger partial charge in [0.2, 0.25) is 5.89 Å². The molecule has 1 aliphatic heterocycles. The van der Waals surface area contributed by atoms with E-state index in [-0.39, 0.29) is 0 Å². The Morgan fingerprint density at radius 3 is 3.12 bits per heavy atom. The first-order valence-corrected chi connectivity index (χ1v) is 5.72. The number of hydrogen-bond acceptors (Lipinski definition) is 6. The van der Waals surface area contributed by atoms with E-state index in [4.69, 9.17) is 14.9 Å². The van der Waals surface area contributed by atoms with Gasteiger partial charge in [0.25, 0.3) is 0 Å². The number of aromatic nitrogens is 2. The molecule has 16 heavy (non-hydrogen) atoms. The molecule has 0 amide bonds. The van der Waals surface area contributed by atoms with E-state index in [2.05, 4.69) is 15.5 Å². The van der Waals surface area contributed by atoms with Crippen LogP contribution in [0.25, 0.3) is 0 Å². The van der Waals surface area contributed by atoms with Crippen LogP contribution in [-0.2, 0) is 11.2 Å². The monoisotopic (exact) mass is 226 g/mol. The molecule has 0 aliphatic carbocycles. The molecule has 1 aromatic rings. The zero-order chi connectivity index (χ0) is 11.2. The number of rotatable bonds is 6.